The number of hydrogen-bond acceptors (Lipinski definition) is 6. The minimum Gasteiger partial charge on any atom is -0.494 e. The third-order valence-electron chi connectivity index (χ3n) is 7.36. The summed E-state index contributed by atoms with van der Waals surface area (Å²) in [7, 11) is 0. The molecule has 0 aliphatic carbocycles. The fraction of sp³-hybridized carbons (Fsp3) is 0.467. The van der Waals surface area contributed by atoms with Gasteiger partial charge >= 0.3 is 0 Å². The van der Waals surface area contributed by atoms with Crippen LogP contribution < -0.4 is 14.4 Å². The first-order chi connectivity index (χ1) is 17.3. The lowest BCUT2D eigenvalue weighted by atomic mass is 9.78. The van der Waals surface area contributed by atoms with Crippen molar-refractivity contribution < 1.29 is 14.2 Å². The molecule has 0 saturated carbocycles. The Labute approximate surface area is 214 Å². The molecular weight excluding hydrogens is 450 g/mol. The minimum absolute atomic E-state index is 0.128. The van der Waals surface area contributed by atoms with Crippen molar-refractivity contribution in [3.05, 3.63) is 77.6 Å². The van der Waals surface area contributed by atoms with Crippen LogP contribution in [0.25, 0.3) is 0 Å². The Balaban J connectivity index is 1.16. The van der Waals surface area contributed by atoms with Crippen molar-refractivity contribution in [2.45, 2.75) is 46.1 Å². The largest absolute Gasteiger partial charge is 0.494 e. The van der Waals surface area contributed by atoms with Gasteiger partial charge in [-0.2, -0.15) is 0 Å². The first-order valence-corrected chi connectivity index (χ1v) is 12.9. The Morgan fingerprint density at radius 2 is 1.53 bits per heavy atom. The van der Waals surface area contributed by atoms with Crippen molar-refractivity contribution in [2.24, 2.45) is 11.3 Å². The lowest BCUT2D eigenvalue weighted by Crippen LogP contribution is -2.66. The number of aromatic nitrogens is 2. The van der Waals surface area contributed by atoms with Crippen LogP contribution in [0.1, 0.15) is 50.9 Å². The summed E-state index contributed by atoms with van der Waals surface area (Å²) < 4.78 is 17.3. The molecule has 2 aliphatic heterocycles. The van der Waals surface area contributed by atoms with E-state index in [2.05, 4.69) is 74.0 Å². The van der Waals surface area contributed by atoms with Crippen LogP contribution in [-0.4, -0.2) is 42.9 Å². The van der Waals surface area contributed by atoms with E-state index in [9.17, 15) is 0 Å². The standard InChI is InChI=1S/C30H37N3O3/c1-22(2)14-16-35-26-9-5-23(6-10-26)29(3,4)24-7-11-27(12-8-24)36-17-25-13-15-31-28(32-25)33-18-30(19-33)20-34-21-30/h5-13,15,22H,14,16-21H2,1-4H3. The highest BCUT2D eigenvalue weighted by Gasteiger charge is 2.49. The quantitative estimate of drug-likeness (QED) is 0.369. The zero-order valence-corrected chi connectivity index (χ0v) is 21.9. The highest BCUT2D eigenvalue weighted by Crippen LogP contribution is 2.39. The van der Waals surface area contributed by atoms with E-state index in [1.54, 1.807) is 0 Å². The lowest BCUT2D eigenvalue weighted by molar-refractivity contribution is -0.127. The molecule has 1 aromatic heterocycles. The molecule has 2 fully saturated rings. The Kier molecular flexibility index (Phi) is 6.89. The van der Waals surface area contributed by atoms with E-state index in [0.717, 1.165) is 62.5 Å². The number of hydrogen-bond donors (Lipinski definition) is 0. The van der Waals surface area contributed by atoms with Gasteiger partial charge in [-0.3, -0.25) is 0 Å². The van der Waals surface area contributed by atoms with E-state index in [4.69, 9.17) is 19.2 Å². The van der Waals surface area contributed by atoms with Gasteiger partial charge in [0, 0.05) is 24.7 Å². The van der Waals surface area contributed by atoms with E-state index in [1.165, 1.54) is 11.1 Å². The molecule has 2 aromatic carbocycles. The summed E-state index contributed by atoms with van der Waals surface area (Å²) in [5.74, 6) is 3.19. The summed E-state index contributed by atoms with van der Waals surface area (Å²) >= 11 is 0. The average Bonchev–Trinajstić information content (AvgIpc) is 2.82. The summed E-state index contributed by atoms with van der Waals surface area (Å²) in [5.41, 5.74) is 3.58. The van der Waals surface area contributed by atoms with Crippen LogP contribution in [0.15, 0.2) is 60.8 Å². The van der Waals surface area contributed by atoms with E-state index < -0.39 is 0 Å². The van der Waals surface area contributed by atoms with Crippen molar-refractivity contribution >= 4 is 5.95 Å². The molecule has 36 heavy (non-hydrogen) atoms. The van der Waals surface area contributed by atoms with Gasteiger partial charge in [-0.25, -0.2) is 9.97 Å². The molecule has 2 saturated heterocycles. The predicted molar refractivity (Wildman–Crippen MR) is 142 cm³/mol. The SMILES string of the molecule is CC(C)CCOc1ccc(C(C)(C)c2ccc(OCc3ccnc(N4CC5(COC5)C4)n3)cc2)cc1. The predicted octanol–water partition coefficient (Wildman–Crippen LogP) is 5.64. The minimum atomic E-state index is -0.128. The molecule has 6 nitrogen and oxygen atoms in total. The van der Waals surface area contributed by atoms with Crippen LogP contribution in [-0.2, 0) is 16.8 Å². The van der Waals surface area contributed by atoms with Gasteiger partial charge in [0.1, 0.15) is 18.1 Å². The third-order valence-corrected chi connectivity index (χ3v) is 7.36. The maximum Gasteiger partial charge on any atom is 0.225 e. The average molecular weight is 488 g/mol. The van der Waals surface area contributed by atoms with Crippen molar-refractivity contribution in [1.29, 1.82) is 0 Å². The molecule has 6 heteroatoms. The van der Waals surface area contributed by atoms with Gasteiger partial charge in [0.2, 0.25) is 5.95 Å². The van der Waals surface area contributed by atoms with Crippen LogP contribution >= 0.6 is 0 Å². The fourth-order valence-electron chi connectivity index (χ4n) is 4.77. The third kappa shape index (κ3) is 5.34. The summed E-state index contributed by atoms with van der Waals surface area (Å²) in [6.07, 6.45) is 2.88. The maximum atomic E-state index is 6.05. The molecule has 0 bridgehead atoms. The highest BCUT2D eigenvalue weighted by atomic mass is 16.5. The Bertz CT molecular complexity index is 1150. The van der Waals surface area contributed by atoms with Gasteiger partial charge in [0.15, 0.2) is 0 Å². The van der Waals surface area contributed by atoms with Crippen LogP contribution in [0, 0.1) is 11.3 Å². The van der Waals surface area contributed by atoms with E-state index in [-0.39, 0.29) is 5.41 Å². The summed E-state index contributed by atoms with van der Waals surface area (Å²) in [6, 6.07) is 18.8. The molecule has 3 heterocycles. The lowest BCUT2D eigenvalue weighted by Gasteiger charge is -2.54. The molecule has 0 amide bonds. The van der Waals surface area contributed by atoms with Crippen molar-refractivity contribution in [3.8, 4) is 11.5 Å². The summed E-state index contributed by atoms with van der Waals surface area (Å²) in [6.45, 7) is 13.8. The van der Waals surface area contributed by atoms with Gasteiger partial charge in [-0.05, 0) is 53.8 Å². The molecule has 1 spiro atoms. The van der Waals surface area contributed by atoms with E-state index in [1.807, 2.05) is 24.4 Å². The highest BCUT2D eigenvalue weighted by molar-refractivity contribution is 5.42. The van der Waals surface area contributed by atoms with E-state index in [0.29, 0.717) is 17.9 Å². The maximum absolute atomic E-state index is 6.05. The Morgan fingerprint density at radius 3 is 2.08 bits per heavy atom. The molecule has 0 atom stereocenters. The van der Waals surface area contributed by atoms with Gasteiger partial charge in [-0.15, -0.1) is 0 Å². The molecule has 0 radical (unpaired) electrons. The summed E-state index contributed by atoms with van der Waals surface area (Å²) in [5, 5.41) is 0. The van der Waals surface area contributed by atoms with E-state index >= 15 is 0 Å². The number of nitrogens with zero attached hydrogens (tertiary/aromatic N) is 3. The molecule has 3 aromatic rings. The summed E-state index contributed by atoms with van der Waals surface area (Å²) in [4.78, 5) is 11.4. The van der Waals surface area contributed by atoms with Crippen molar-refractivity contribution in [2.75, 3.05) is 37.8 Å². The molecular formula is C30H37N3O3. The van der Waals surface area contributed by atoms with Gasteiger partial charge in [0.25, 0.3) is 0 Å². The van der Waals surface area contributed by atoms with Crippen molar-refractivity contribution in [1.82, 2.24) is 9.97 Å². The zero-order chi connectivity index (χ0) is 25.2. The molecule has 0 unspecified atom stereocenters. The van der Waals surface area contributed by atoms with Crippen LogP contribution in [0.4, 0.5) is 5.95 Å². The number of anilines is 1. The van der Waals surface area contributed by atoms with Crippen LogP contribution in [0.2, 0.25) is 0 Å². The molecule has 190 valence electrons. The second-order valence-corrected chi connectivity index (χ2v) is 11.2. The van der Waals surface area contributed by atoms with Crippen LogP contribution in [0.5, 0.6) is 11.5 Å². The number of ether oxygens (including phenoxy) is 3. The second kappa shape index (κ2) is 10.1. The van der Waals surface area contributed by atoms with Crippen molar-refractivity contribution in [3.63, 3.8) is 0 Å². The first-order valence-electron chi connectivity index (χ1n) is 12.9. The van der Waals surface area contributed by atoms with Gasteiger partial charge < -0.3 is 19.1 Å². The zero-order valence-electron chi connectivity index (χ0n) is 21.9. The van der Waals surface area contributed by atoms with Crippen LogP contribution in [0.3, 0.4) is 0 Å². The Morgan fingerprint density at radius 1 is 0.917 bits per heavy atom. The molecule has 0 N–H and O–H groups in total. The second-order valence-electron chi connectivity index (χ2n) is 11.2. The fourth-order valence-corrected chi connectivity index (χ4v) is 4.77. The monoisotopic (exact) mass is 487 g/mol. The number of rotatable bonds is 10. The Hall–Kier alpha value is -3.12. The topological polar surface area (TPSA) is 56.7 Å². The normalized spacial score (nSPS) is 16.5. The first kappa shape index (κ1) is 24.6. The molecule has 5 rings (SSSR count). The number of benzene rings is 2. The smallest absolute Gasteiger partial charge is 0.225 e. The van der Waals surface area contributed by atoms with Gasteiger partial charge in [0.05, 0.1) is 30.9 Å². The van der Waals surface area contributed by atoms with Gasteiger partial charge in [-0.1, -0.05) is 52.0 Å². The molecule has 2 aliphatic rings.